The van der Waals surface area contributed by atoms with Crippen molar-refractivity contribution in [3.63, 3.8) is 0 Å². The normalized spacial score (nSPS) is 13.6. The van der Waals surface area contributed by atoms with Crippen LogP contribution < -0.4 is 4.72 Å². The monoisotopic (exact) mass is 255 g/mol. The van der Waals surface area contributed by atoms with Gasteiger partial charge in [0.25, 0.3) is 0 Å². The summed E-state index contributed by atoms with van der Waals surface area (Å²) in [7, 11) is -1.93. The van der Waals surface area contributed by atoms with Gasteiger partial charge >= 0.3 is 5.97 Å². The van der Waals surface area contributed by atoms with Gasteiger partial charge in [-0.2, -0.15) is 0 Å². The Balaban J connectivity index is 3.78. The third kappa shape index (κ3) is 7.57. The van der Waals surface area contributed by atoms with Gasteiger partial charge in [-0.15, -0.1) is 0 Å². The molecule has 0 aromatic rings. The Labute approximate surface area is 94.5 Å². The fourth-order valence-corrected chi connectivity index (χ4v) is 2.01. The van der Waals surface area contributed by atoms with E-state index in [1.165, 1.54) is 7.11 Å². The molecule has 0 spiro atoms. The standard InChI is InChI=1S/C8H17NO6S/c1-15-5-2-6-16(13,14)9-4-3-7(10)8(11)12/h7,9-10H,2-6H2,1H3,(H,11,12). The van der Waals surface area contributed by atoms with Crippen LogP contribution in [-0.4, -0.2) is 56.7 Å². The highest BCUT2D eigenvalue weighted by atomic mass is 32.2. The molecule has 0 saturated heterocycles. The van der Waals surface area contributed by atoms with Gasteiger partial charge < -0.3 is 14.9 Å². The Morgan fingerprint density at radius 2 is 2.12 bits per heavy atom. The molecule has 1 unspecified atom stereocenters. The Bertz CT molecular complexity index is 302. The minimum atomic E-state index is -3.41. The number of aliphatic hydroxyl groups excluding tert-OH is 1. The molecule has 0 bridgehead atoms. The maximum atomic E-state index is 11.3. The highest BCUT2D eigenvalue weighted by Gasteiger charge is 2.15. The van der Waals surface area contributed by atoms with E-state index < -0.39 is 22.1 Å². The largest absolute Gasteiger partial charge is 0.479 e. The lowest BCUT2D eigenvalue weighted by molar-refractivity contribution is -0.146. The van der Waals surface area contributed by atoms with Gasteiger partial charge in [0.05, 0.1) is 5.75 Å². The van der Waals surface area contributed by atoms with Crippen molar-refractivity contribution >= 4 is 16.0 Å². The summed E-state index contributed by atoms with van der Waals surface area (Å²) in [4.78, 5) is 10.2. The molecule has 8 heteroatoms. The molecular weight excluding hydrogens is 238 g/mol. The van der Waals surface area contributed by atoms with Crippen LogP contribution in [0.5, 0.6) is 0 Å². The van der Waals surface area contributed by atoms with Crippen molar-refractivity contribution < 1.29 is 28.2 Å². The maximum Gasteiger partial charge on any atom is 0.332 e. The SMILES string of the molecule is COCCCS(=O)(=O)NCCC(O)C(=O)O. The van der Waals surface area contributed by atoms with Gasteiger partial charge in [-0.1, -0.05) is 0 Å². The second kappa shape index (κ2) is 7.55. The van der Waals surface area contributed by atoms with Crippen LogP contribution in [0.15, 0.2) is 0 Å². The zero-order valence-corrected chi connectivity index (χ0v) is 9.87. The number of carboxylic acids is 1. The summed E-state index contributed by atoms with van der Waals surface area (Å²) < 4.78 is 29.4. The first-order valence-electron chi connectivity index (χ1n) is 4.76. The zero-order chi connectivity index (χ0) is 12.6. The number of nitrogens with one attached hydrogen (secondary N) is 1. The summed E-state index contributed by atoms with van der Waals surface area (Å²) >= 11 is 0. The van der Waals surface area contributed by atoms with Crippen molar-refractivity contribution in [2.45, 2.75) is 18.9 Å². The predicted molar refractivity (Wildman–Crippen MR) is 56.5 cm³/mol. The summed E-state index contributed by atoms with van der Waals surface area (Å²) in [6, 6.07) is 0. The lowest BCUT2D eigenvalue weighted by Gasteiger charge is -2.07. The van der Waals surface area contributed by atoms with E-state index in [0.29, 0.717) is 13.0 Å². The van der Waals surface area contributed by atoms with E-state index in [1.807, 2.05) is 0 Å². The summed E-state index contributed by atoms with van der Waals surface area (Å²) in [5.74, 6) is -1.44. The molecule has 0 aliphatic carbocycles. The third-order valence-electron chi connectivity index (χ3n) is 1.79. The number of carboxylic acid groups (broad SMARTS) is 1. The van der Waals surface area contributed by atoms with Gasteiger partial charge in [0.15, 0.2) is 6.10 Å². The number of hydrogen-bond donors (Lipinski definition) is 3. The second-order valence-corrected chi connectivity index (χ2v) is 5.13. The summed E-state index contributed by atoms with van der Waals surface area (Å²) in [6.45, 7) is 0.251. The van der Waals surface area contributed by atoms with E-state index in [2.05, 4.69) is 4.72 Å². The van der Waals surface area contributed by atoms with Crippen LogP contribution in [0.4, 0.5) is 0 Å². The van der Waals surface area contributed by atoms with Crippen LogP contribution in [0.1, 0.15) is 12.8 Å². The molecule has 16 heavy (non-hydrogen) atoms. The molecule has 0 aromatic heterocycles. The molecular formula is C8H17NO6S. The van der Waals surface area contributed by atoms with Crippen molar-refractivity contribution in [2.75, 3.05) is 26.0 Å². The van der Waals surface area contributed by atoms with Crippen LogP contribution >= 0.6 is 0 Å². The molecule has 0 amide bonds. The highest BCUT2D eigenvalue weighted by molar-refractivity contribution is 7.89. The number of methoxy groups -OCH3 is 1. The van der Waals surface area contributed by atoms with E-state index in [4.69, 9.17) is 14.9 Å². The third-order valence-corrected chi connectivity index (χ3v) is 3.26. The van der Waals surface area contributed by atoms with E-state index >= 15 is 0 Å². The van der Waals surface area contributed by atoms with E-state index in [0.717, 1.165) is 0 Å². The Morgan fingerprint density at radius 1 is 1.50 bits per heavy atom. The number of ether oxygens (including phenoxy) is 1. The smallest absolute Gasteiger partial charge is 0.332 e. The Kier molecular flexibility index (Phi) is 7.22. The van der Waals surface area contributed by atoms with Crippen molar-refractivity contribution in [1.82, 2.24) is 4.72 Å². The number of rotatable bonds is 9. The minimum Gasteiger partial charge on any atom is -0.479 e. The molecule has 0 aliphatic rings. The van der Waals surface area contributed by atoms with E-state index in [1.54, 1.807) is 0 Å². The average molecular weight is 255 g/mol. The van der Waals surface area contributed by atoms with Crippen LogP contribution in [0.25, 0.3) is 0 Å². The Morgan fingerprint density at radius 3 is 2.62 bits per heavy atom. The molecule has 0 aliphatic heterocycles. The van der Waals surface area contributed by atoms with Crippen molar-refractivity contribution in [2.24, 2.45) is 0 Å². The molecule has 3 N–H and O–H groups in total. The maximum absolute atomic E-state index is 11.3. The Hall–Kier alpha value is -0.700. The second-order valence-electron chi connectivity index (χ2n) is 3.20. The van der Waals surface area contributed by atoms with Gasteiger partial charge in [-0.3, -0.25) is 0 Å². The molecule has 0 rings (SSSR count). The van der Waals surface area contributed by atoms with E-state index in [9.17, 15) is 13.2 Å². The van der Waals surface area contributed by atoms with Crippen molar-refractivity contribution in [1.29, 1.82) is 0 Å². The van der Waals surface area contributed by atoms with Gasteiger partial charge in [0, 0.05) is 20.3 Å². The molecule has 7 nitrogen and oxygen atoms in total. The minimum absolute atomic E-state index is 0.0794. The number of sulfonamides is 1. The fraction of sp³-hybridized carbons (Fsp3) is 0.875. The lowest BCUT2D eigenvalue weighted by atomic mass is 10.3. The van der Waals surface area contributed by atoms with Crippen LogP contribution in [0.3, 0.4) is 0 Å². The zero-order valence-electron chi connectivity index (χ0n) is 9.05. The average Bonchev–Trinajstić information content (AvgIpc) is 2.17. The van der Waals surface area contributed by atoms with Gasteiger partial charge in [-0.05, 0) is 12.8 Å². The first-order chi connectivity index (χ1) is 7.39. The van der Waals surface area contributed by atoms with Crippen molar-refractivity contribution in [3.05, 3.63) is 0 Å². The number of carbonyl (C=O) groups is 1. The number of aliphatic hydroxyl groups is 1. The van der Waals surface area contributed by atoms with Crippen LogP contribution in [0, 0.1) is 0 Å². The first-order valence-corrected chi connectivity index (χ1v) is 6.41. The molecule has 0 saturated carbocycles. The molecule has 0 fully saturated rings. The van der Waals surface area contributed by atoms with Crippen molar-refractivity contribution in [3.8, 4) is 0 Å². The lowest BCUT2D eigenvalue weighted by Crippen LogP contribution is -2.31. The molecule has 96 valence electrons. The molecule has 0 aromatic carbocycles. The molecule has 0 heterocycles. The predicted octanol–water partition coefficient (Wildman–Crippen LogP) is -1.22. The number of aliphatic carboxylic acids is 1. The molecule has 0 radical (unpaired) electrons. The number of hydrogen-bond acceptors (Lipinski definition) is 5. The van der Waals surface area contributed by atoms with Gasteiger partial charge in [0.1, 0.15) is 0 Å². The summed E-state index contributed by atoms with van der Waals surface area (Å²) in [5.41, 5.74) is 0. The fourth-order valence-electron chi connectivity index (χ4n) is 0.940. The van der Waals surface area contributed by atoms with Crippen LogP contribution in [0.2, 0.25) is 0 Å². The molecule has 1 atom stereocenters. The van der Waals surface area contributed by atoms with Crippen LogP contribution in [-0.2, 0) is 19.6 Å². The summed E-state index contributed by atoms with van der Waals surface area (Å²) in [6.07, 6.45) is -1.33. The first kappa shape index (κ1) is 15.3. The van der Waals surface area contributed by atoms with Gasteiger partial charge in [0.2, 0.25) is 10.0 Å². The topological polar surface area (TPSA) is 113 Å². The van der Waals surface area contributed by atoms with E-state index in [-0.39, 0.29) is 18.7 Å². The summed E-state index contributed by atoms with van der Waals surface area (Å²) in [5, 5.41) is 17.2. The highest BCUT2D eigenvalue weighted by Crippen LogP contribution is 1.94. The quantitative estimate of drug-likeness (QED) is 0.445. The van der Waals surface area contributed by atoms with Gasteiger partial charge in [-0.25, -0.2) is 17.9 Å².